The van der Waals surface area contributed by atoms with E-state index in [9.17, 15) is 9.18 Å². The molecule has 186 valence electrons. The summed E-state index contributed by atoms with van der Waals surface area (Å²) in [5.74, 6) is 0.289. The molecule has 3 aromatic carbocycles. The van der Waals surface area contributed by atoms with E-state index in [1.807, 2.05) is 19.1 Å². The molecule has 8 heteroatoms. The van der Waals surface area contributed by atoms with Crippen LogP contribution >= 0.6 is 0 Å². The van der Waals surface area contributed by atoms with E-state index in [1.165, 1.54) is 23.3 Å². The third-order valence-corrected chi connectivity index (χ3v) is 7.19. The molecular weight excluding hydrogens is 467 g/mol. The minimum atomic E-state index is -0.460. The zero-order valence-corrected chi connectivity index (χ0v) is 20.8. The van der Waals surface area contributed by atoms with Gasteiger partial charge in [0.25, 0.3) is 5.56 Å². The lowest BCUT2D eigenvalue weighted by atomic mass is 9.95. The topological polar surface area (TPSA) is 79.7 Å². The molecule has 7 nitrogen and oxygen atoms in total. The van der Waals surface area contributed by atoms with E-state index < -0.39 is 6.04 Å². The maximum Gasteiger partial charge on any atom is 0.253 e. The molecule has 1 N–H and O–H groups in total. The van der Waals surface area contributed by atoms with Crippen molar-refractivity contribution in [2.75, 3.05) is 6.54 Å². The van der Waals surface area contributed by atoms with Gasteiger partial charge in [0.2, 0.25) is 0 Å². The van der Waals surface area contributed by atoms with Crippen LogP contribution in [-0.4, -0.2) is 36.6 Å². The predicted molar refractivity (Wildman–Crippen MR) is 140 cm³/mol. The first-order valence-corrected chi connectivity index (χ1v) is 12.4. The molecule has 2 aromatic heterocycles. The van der Waals surface area contributed by atoms with Gasteiger partial charge in [-0.05, 0) is 82.6 Å². The van der Waals surface area contributed by atoms with E-state index >= 15 is 0 Å². The average Bonchev–Trinajstić information content (AvgIpc) is 3.34. The van der Waals surface area contributed by atoms with Crippen LogP contribution in [0, 0.1) is 19.7 Å². The van der Waals surface area contributed by atoms with Crippen LogP contribution in [0.2, 0.25) is 0 Å². The molecule has 5 aromatic rings. The number of hydrogen-bond acceptors (Lipinski definition) is 5. The summed E-state index contributed by atoms with van der Waals surface area (Å²) >= 11 is 0. The van der Waals surface area contributed by atoms with E-state index in [2.05, 4.69) is 62.7 Å². The minimum Gasteiger partial charge on any atom is -0.321 e. The van der Waals surface area contributed by atoms with Gasteiger partial charge in [0.15, 0.2) is 5.82 Å². The van der Waals surface area contributed by atoms with Gasteiger partial charge in [-0.25, -0.2) is 9.07 Å². The van der Waals surface area contributed by atoms with Crippen LogP contribution in [0.25, 0.3) is 10.9 Å². The second-order valence-corrected chi connectivity index (χ2v) is 9.81. The highest BCUT2D eigenvalue weighted by molar-refractivity contribution is 5.83. The molecule has 37 heavy (non-hydrogen) atoms. The van der Waals surface area contributed by atoms with Crippen LogP contribution in [0.5, 0.6) is 0 Å². The Morgan fingerprint density at radius 2 is 1.81 bits per heavy atom. The number of tetrazole rings is 1. The highest BCUT2D eigenvalue weighted by Gasteiger charge is 2.32. The van der Waals surface area contributed by atoms with Crippen molar-refractivity contribution >= 4 is 10.9 Å². The number of aryl methyl sites for hydroxylation is 2. The molecule has 3 heterocycles. The first kappa shape index (κ1) is 23.2. The highest BCUT2D eigenvalue weighted by atomic mass is 19.1. The van der Waals surface area contributed by atoms with E-state index in [0.29, 0.717) is 24.5 Å². The molecule has 1 atom stereocenters. The molecule has 1 aliphatic heterocycles. The SMILES string of the molecule is Cc1cc(C)c2[nH]c(=O)c(C(c3nnnn3Cc3ccc(F)cc3)N3CCc4ccccc4C3)cc2c1. The van der Waals surface area contributed by atoms with Crippen molar-refractivity contribution in [2.24, 2.45) is 0 Å². The van der Waals surface area contributed by atoms with Crippen molar-refractivity contribution in [3.05, 3.63) is 122 Å². The van der Waals surface area contributed by atoms with Gasteiger partial charge < -0.3 is 4.98 Å². The number of halogens is 1. The molecular formula is C29H27FN6O. The number of aromatic nitrogens is 5. The molecule has 0 aliphatic carbocycles. The van der Waals surface area contributed by atoms with Crippen LogP contribution in [0.1, 0.15) is 45.2 Å². The number of H-pyrrole nitrogens is 1. The number of nitrogens with zero attached hydrogens (tertiary/aromatic N) is 5. The summed E-state index contributed by atoms with van der Waals surface area (Å²) in [6, 6.07) is 20.4. The Balaban J connectivity index is 1.49. The maximum atomic E-state index is 13.6. The summed E-state index contributed by atoms with van der Waals surface area (Å²) in [6.45, 7) is 5.87. The highest BCUT2D eigenvalue weighted by Crippen LogP contribution is 2.32. The van der Waals surface area contributed by atoms with Gasteiger partial charge in [-0.15, -0.1) is 5.10 Å². The molecule has 0 amide bonds. The number of fused-ring (bicyclic) bond motifs is 2. The quantitative estimate of drug-likeness (QED) is 0.390. The van der Waals surface area contributed by atoms with Crippen LogP contribution in [0.3, 0.4) is 0 Å². The smallest absolute Gasteiger partial charge is 0.253 e. The molecule has 0 spiro atoms. The second-order valence-electron chi connectivity index (χ2n) is 9.81. The van der Waals surface area contributed by atoms with Crippen molar-refractivity contribution in [1.82, 2.24) is 30.1 Å². The van der Waals surface area contributed by atoms with Crippen LogP contribution < -0.4 is 5.56 Å². The van der Waals surface area contributed by atoms with Crippen molar-refractivity contribution in [1.29, 1.82) is 0 Å². The zero-order chi connectivity index (χ0) is 25.5. The largest absolute Gasteiger partial charge is 0.321 e. The third kappa shape index (κ3) is 4.44. The fourth-order valence-electron chi connectivity index (χ4n) is 5.43. The van der Waals surface area contributed by atoms with E-state index in [4.69, 9.17) is 0 Å². The van der Waals surface area contributed by atoms with Crippen molar-refractivity contribution in [3.63, 3.8) is 0 Å². The molecule has 0 saturated heterocycles. The number of nitrogens with one attached hydrogen (secondary N) is 1. The monoisotopic (exact) mass is 494 g/mol. The zero-order valence-electron chi connectivity index (χ0n) is 20.8. The summed E-state index contributed by atoms with van der Waals surface area (Å²) in [5.41, 5.74) is 6.88. The van der Waals surface area contributed by atoms with Gasteiger partial charge >= 0.3 is 0 Å². The Morgan fingerprint density at radius 1 is 1.03 bits per heavy atom. The number of hydrogen-bond donors (Lipinski definition) is 1. The molecule has 0 radical (unpaired) electrons. The molecule has 6 rings (SSSR count). The standard InChI is InChI=1S/C29H27FN6O/c1-18-13-19(2)26-23(14-18)15-25(29(37)31-26)27(35-12-11-21-5-3-4-6-22(21)17-35)28-32-33-34-36(28)16-20-7-9-24(30)10-8-20/h3-10,13-15,27H,11-12,16-17H2,1-2H3,(H,31,37). The van der Waals surface area contributed by atoms with Gasteiger partial charge in [0, 0.05) is 18.7 Å². The third-order valence-electron chi connectivity index (χ3n) is 7.19. The van der Waals surface area contributed by atoms with Crippen molar-refractivity contribution in [2.45, 2.75) is 39.4 Å². The molecule has 0 fully saturated rings. The van der Waals surface area contributed by atoms with Crippen LogP contribution in [0.4, 0.5) is 4.39 Å². The summed E-state index contributed by atoms with van der Waals surface area (Å²) in [5, 5.41) is 13.7. The van der Waals surface area contributed by atoms with E-state index in [1.54, 1.807) is 16.8 Å². The van der Waals surface area contributed by atoms with E-state index in [0.717, 1.165) is 40.6 Å². The maximum absolute atomic E-state index is 13.6. The van der Waals surface area contributed by atoms with Gasteiger partial charge in [-0.3, -0.25) is 9.69 Å². The lowest BCUT2D eigenvalue weighted by Gasteiger charge is -2.34. The second kappa shape index (κ2) is 9.37. The Labute approximate surface area is 213 Å². The van der Waals surface area contributed by atoms with Crippen molar-refractivity contribution in [3.8, 4) is 0 Å². The van der Waals surface area contributed by atoms with Crippen molar-refractivity contribution < 1.29 is 4.39 Å². The molecule has 0 saturated carbocycles. The average molecular weight is 495 g/mol. The predicted octanol–water partition coefficient (Wildman–Crippen LogP) is 4.47. The van der Waals surface area contributed by atoms with E-state index in [-0.39, 0.29) is 11.4 Å². The Hall–Kier alpha value is -4.17. The number of pyridine rings is 1. The lowest BCUT2D eigenvalue weighted by molar-refractivity contribution is 0.194. The van der Waals surface area contributed by atoms with Gasteiger partial charge in [-0.2, -0.15) is 0 Å². The van der Waals surface area contributed by atoms with Crippen LogP contribution in [0.15, 0.2) is 71.5 Å². The Kier molecular flexibility index (Phi) is 5.88. The number of rotatable bonds is 5. The summed E-state index contributed by atoms with van der Waals surface area (Å²) in [7, 11) is 0. The van der Waals surface area contributed by atoms with Gasteiger partial charge in [0.05, 0.1) is 12.1 Å². The summed E-state index contributed by atoms with van der Waals surface area (Å²) < 4.78 is 15.2. The van der Waals surface area contributed by atoms with Gasteiger partial charge in [-0.1, -0.05) is 48.0 Å². The number of aromatic amines is 1. The Morgan fingerprint density at radius 3 is 2.62 bits per heavy atom. The fourth-order valence-corrected chi connectivity index (χ4v) is 5.43. The van der Waals surface area contributed by atoms with Gasteiger partial charge in [0.1, 0.15) is 11.9 Å². The first-order valence-electron chi connectivity index (χ1n) is 12.4. The molecule has 1 aliphatic rings. The molecule has 0 bridgehead atoms. The summed E-state index contributed by atoms with van der Waals surface area (Å²) in [4.78, 5) is 19.0. The minimum absolute atomic E-state index is 0.153. The van der Waals surface area contributed by atoms with Crippen LogP contribution in [-0.2, 0) is 19.5 Å². The fraction of sp³-hybridized carbons (Fsp3) is 0.241. The lowest BCUT2D eigenvalue weighted by Crippen LogP contribution is -2.38. The summed E-state index contributed by atoms with van der Waals surface area (Å²) in [6.07, 6.45) is 0.871. The first-order chi connectivity index (χ1) is 18.0. The normalized spacial score (nSPS) is 14.6. The number of benzene rings is 3. The molecule has 1 unspecified atom stereocenters. The Bertz CT molecular complexity index is 1660.